The monoisotopic (exact) mass is 1770 g/mol. The van der Waals surface area contributed by atoms with Crippen molar-refractivity contribution >= 4 is 36.0 Å². The van der Waals surface area contributed by atoms with Gasteiger partial charge in [0.1, 0.15) is 0 Å². The third kappa shape index (κ3) is 47.0. The molecule has 16 heterocycles. The van der Waals surface area contributed by atoms with Crippen LogP contribution >= 0.6 is 23.5 Å². The van der Waals surface area contributed by atoms with Crippen LogP contribution in [0.1, 0.15) is 100 Å². The molecule has 9 aromatic rings. The Balaban J connectivity index is 0.000000176. The summed E-state index contributed by atoms with van der Waals surface area (Å²) in [7, 11) is 0. The minimum Gasteiger partial charge on any atom is -0.380 e. The Kier molecular flexibility index (Phi) is 53.0. The van der Waals surface area contributed by atoms with Crippen molar-refractivity contribution in [3.05, 3.63) is 319 Å². The molecule has 24 heteroatoms. The first-order chi connectivity index (χ1) is 62.5. The lowest BCUT2D eigenvalue weighted by molar-refractivity contribution is -0.00619. The van der Waals surface area contributed by atoms with Gasteiger partial charge in [-0.25, -0.2) is 0 Å². The van der Waals surface area contributed by atoms with Crippen LogP contribution in [-0.2, 0) is 199 Å². The number of rotatable bonds is 0. The van der Waals surface area contributed by atoms with E-state index in [1.165, 1.54) is 33.4 Å². The van der Waals surface area contributed by atoms with Crippen LogP contribution in [0.25, 0.3) is 0 Å². The topological polar surface area (TPSA) is 209 Å². The molecule has 0 radical (unpaired) electrons. The van der Waals surface area contributed by atoms with Gasteiger partial charge in [0.2, 0.25) is 0 Å². The summed E-state index contributed by atoms with van der Waals surface area (Å²) in [5.41, 5.74) is 20.9. The minimum atomic E-state index is 0.548. The molecule has 0 N–H and O–H groups in total. The first-order valence-electron chi connectivity index (χ1n) is 44.0. The summed E-state index contributed by atoms with van der Waals surface area (Å²) in [4.78, 5) is 9.20. The average Bonchev–Trinajstić information content (AvgIpc) is 0.896. The molecule has 0 saturated carbocycles. The van der Waals surface area contributed by atoms with Crippen LogP contribution < -0.4 is 0 Å². The predicted octanol–water partition coefficient (Wildman–Crippen LogP) is 16.9. The van der Waals surface area contributed by atoms with E-state index in [9.17, 15) is 0 Å². The Hall–Kier alpha value is -7.78. The van der Waals surface area contributed by atoms with Crippen LogP contribution in [-0.4, -0.2) is 209 Å². The van der Waals surface area contributed by atoms with Crippen LogP contribution in [0.3, 0.4) is 0 Å². The van der Waals surface area contributed by atoms with Crippen LogP contribution in [0.15, 0.2) is 228 Å². The molecular weight excluding hydrogens is 1640 g/mol. The summed E-state index contributed by atoms with van der Waals surface area (Å²) < 4.78 is 113. The summed E-state index contributed by atoms with van der Waals surface area (Å²) in [6.07, 6.45) is 3.83. The molecule has 0 aromatic heterocycles. The SMILES string of the molecule is C1=NCc2ccc(cc2)COCCOCCOCc2ccc(cc2)CN=Cc2cccc1c2.c1cc2ccc1COCCOCCOCCOCc1ccc(cc1)COCCOCCOC2.c1cc2ccc1COCCOCCOCc1ccc(cc1)COCCOCCOC2.c1cc2ccc1COCCOCCOCc1ccc(cc1)CSCCOCCSC2. The summed E-state index contributed by atoms with van der Waals surface area (Å²) in [6.45, 7) is 24.5. The second-order valence-corrected chi connectivity index (χ2v) is 32.0. The zero-order valence-electron chi connectivity index (χ0n) is 73.3. The molecule has 0 saturated heterocycles. The molecule has 16 aliphatic rings. The smallest absolute Gasteiger partial charge is 0.0718 e. The third-order valence-corrected chi connectivity index (χ3v) is 21.5. The van der Waals surface area contributed by atoms with E-state index in [1.807, 2.05) is 42.0 Å². The fourth-order valence-corrected chi connectivity index (χ4v) is 14.0. The molecule has 25 rings (SSSR count). The van der Waals surface area contributed by atoms with E-state index in [2.05, 4.69) is 222 Å². The summed E-state index contributed by atoms with van der Waals surface area (Å²) >= 11 is 3.84. The van der Waals surface area contributed by atoms with Crippen molar-refractivity contribution in [2.45, 2.75) is 104 Å². The maximum atomic E-state index is 5.77. The van der Waals surface area contributed by atoms with Crippen molar-refractivity contribution in [1.82, 2.24) is 0 Å². The zero-order valence-corrected chi connectivity index (χ0v) is 75.0. The molecule has 680 valence electrons. The van der Waals surface area contributed by atoms with Crippen LogP contribution in [0, 0.1) is 0 Å². The van der Waals surface area contributed by atoms with E-state index in [0.717, 1.165) is 103 Å². The van der Waals surface area contributed by atoms with Gasteiger partial charge in [-0.1, -0.05) is 212 Å². The van der Waals surface area contributed by atoms with Crippen molar-refractivity contribution in [3.8, 4) is 0 Å². The molecule has 18 bridgehead atoms. The van der Waals surface area contributed by atoms with E-state index in [0.29, 0.717) is 264 Å². The van der Waals surface area contributed by atoms with Gasteiger partial charge < -0.3 is 94.7 Å². The lowest BCUT2D eigenvalue weighted by Crippen LogP contribution is -2.11. The molecule has 0 amide bonds. The standard InChI is InChI=1S/C28H30N2O3.C26H36O7.C24H32O6.C24H32O4S2/c1-2-27-16-28(3-1)20-30-18-24-6-10-26(11-7-24)22-33-15-13-31-12-14-32-21-25-8-4-23(5-9-25)17-29-19-27;1-5-25-6-2-23(1)19-30-15-11-27-9-10-28-12-16-31-20-24-3-7-26(8-4-24)22-33-18-14-29-13-17-32-21-25;1-2-22-4-3-21(1)17-27-13-9-25-11-15-29-19-23-5-7-24(8-6-23)20-30-16-12-26-10-14-28-18-22;1-5-23-6-2-21(1)17-27-11-9-25-10-12-28-18-22-3-7-24(8-4-22)20-30-16-14-26-13-15-29-19-23/h1-11,16,19-20H,12-15,17-18,21-22H2;1-8H,9-22H2;2*1-8H,9-20H2. The average molecular weight is 1770 g/mol. The van der Waals surface area contributed by atoms with Gasteiger partial charge in [0.15, 0.2) is 0 Å². The van der Waals surface area contributed by atoms with E-state index < -0.39 is 0 Å². The summed E-state index contributed by atoms with van der Waals surface area (Å²) in [5, 5.41) is 0. The molecule has 0 fully saturated rings. The summed E-state index contributed by atoms with van der Waals surface area (Å²) in [5.74, 6) is 4.09. The Morgan fingerprint density at radius 3 is 0.492 bits per heavy atom. The number of nitrogens with zero attached hydrogens (tertiary/aromatic N) is 2. The highest BCUT2D eigenvalue weighted by Gasteiger charge is 2.09. The van der Waals surface area contributed by atoms with E-state index in [-0.39, 0.29) is 0 Å². The van der Waals surface area contributed by atoms with Crippen molar-refractivity contribution in [2.75, 3.05) is 196 Å². The Bertz CT molecular complexity index is 3740. The van der Waals surface area contributed by atoms with Gasteiger partial charge in [0.25, 0.3) is 0 Å². The van der Waals surface area contributed by atoms with Gasteiger partial charge >= 0.3 is 0 Å². The third-order valence-electron chi connectivity index (χ3n) is 19.5. The van der Waals surface area contributed by atoms with E-state index >= 15 is 0 Å². The van der Waals surface area contributed by atoms with E-state index in [1.54, 1.807) is 0 Å². The first kappa shape index (κ1) is 100. The lowest BCUT2D eigenvalue weighted by Gasteiger charge is -2.10. The molecule has 0 unspecified atom stereocenters. The highest BCUT2D eigenvalue weighted by atomic mass is 32.2. The molecule has 0 aliphatic carbocycles. The van der Waals surface area contributed by atoms with Crippen LogP contribution in [0.4, 0.5) is 0 Å². The van der Waals surface area contributed by atoms with E-state index in [4.69, 9.17) is 94.7 Å². The number of thioether (sulfide) groups is 2. The highest BCUT2D eigenvalue weighted by molar-refractivity contribution is 7.98. The molecule has 0 spiro atoms. The molecular formula is C102H130N2O20S2. The second-order valence-electron chi connectivity index (χ2n) is 29.8. The fourth-order valence-electron chi connectivity index (χ4n) is 12.3. The zero-order chi connectivity index (χ0) is 86.8. The number of hydrogen-bond acceptors (Lipinski definition) is 24. The van der Waals surface area contributed by atoms with Gasteiger partial charge in [-0.2, -0.15) is 23.5 Å². The molecule has 0 atom stereocenters. The first-order valence-corrected chi connectivity index (χ1v) is 46.3. The maximum absolute atomic E-state index is 5.77. The van der Waals surface area contributed by atoms with Gasteiger partial charge in [0, 0.05) is 35.4 Å². The molecule has 22 nitrogen and oxygen atoms in total. The van der Waals surface area contributed by atoms with Crippen molar-refractivity contribution in [1.29, 1.82) is 0 Å². The molecule has 126 heavy (non-hydrogen) atoms. The Labute approximate surface area is 755 Å². The van der Waals surface area contributed by atoms with Gasteiger partial charge in [0.05, 0.1) is 277 Å². The van der Waals surface area contributed by atoms with Gasteiger partial charge in [-0.15, -0.1) is 0 Å². The second kappa shape index (κ2) is 66.6. The number of benzene rings is 9. The molecule has 16 aliphatic heterocycles. The van der Waals surface area contributed by atoms with Crippen LogP contribution in [0.5, 0.6) is 0 Å². The quantitative estimate of drug-likeness (QED) is 0.138. The summed E-state index contributed by atoms with van der Waals surface area (Å²) in [6, 6.07) is 75.4. The number of aliphatic imine (C=N–C) groups is 2. The Morgan fingerprint density at radius 2 is 0.310 bits per heavy atom. The van der Waals surface area contributed by atoms with Gasteiger partial charge in [-0.3, -0.25) is 9.98 Å². The maximum Gasteiger partial charge on any atom is 0.0718 e. The largest absolute Gasteiger partial charge is 0.380 e. The van der Waals surface area contributed by atoms with Crippen molar-refractivity contribution < 1.29 is 94.7 Å². The number of ether oxygens (including phenoxy) is 20. The lowest BCUT2D eigenvalue weighted by atomic mass is 10.1. The van der Waals surface area contributed by atoms with Crippen LogP contribution in [0.2, 0.25) is 0 Å². The predicted molar refractivity (Wildman–Crippen MR) is 495 cm³/mol. The number of hydrogen-bond donors (Lipinski definition) is 0. The van der Waals surface area contributed by atoms with Gasteiger partial charge in [-0.05, 0) is 106 Å². The minimum absolute atomic E-state index is 0.548. The highest BCUT2D eigenvalue weighted by Crippen LogP contribution is 2.19. The Morgan fingerprint density at radius 1 is 0.159 bits per heavy atom. The normalized spacial score (nSPS) is 18.3. The fraction of sp³-hybridized carbons (Fsp3) is 0.451. The molecule has 9 aromatic carbocycles. The van der Waals surface area contributed by atoms with Crippen molar-refractivity contribution in [3.63, 3.8) is 0 Å². The van der Waals surface area contributed by atoms with Crippen molar-refractivity contribution in [2.24, 2.45) is 9.98 Å².